The summed E-state index contributed by atoms with van der Waals surface area (Å²) in [6.07, 6.45) is 3.98. The molecule has 1 amide bonds. The van der Waals surface area contributed by atoms with Crippen LogP contribution in [0.2, 0.25) is 0 Å². The first-order valence-electron chi connectivity index (χ1n) is 8.24. The first-order valence-corrected chi connectivity index (χ1v) is 8.24. The number of amides is 1. The number of aliphatic hydroxyl groups excluding tert-OH is 1. The molecule has 1 saturated heterocycles. The Kier molecular flexibility index (Phi) is 6.75. The first kappa shape index (κ1) is 18.4. The molecule has 0 spiro atoms. The van der Waals surface area contributed by atoms with Crippen molar-refractivity contribution in [3.63, 3.8) is 0 Å². The summed E-state index contributed by atoms with van der Waals surface area (Å²) in [7, 11) is 1.41. The van der Waals surface area contributed by atoms with Gasteiger partial charge in [0.15, 0.2) is 11.6 Å². The molecule has 0 aliphatic carbocycles. The number of rotatable bonds is 6. The zero-order chi connectivity index (χ0) is 17.5. The number of piperazine rings is 1. The lowest BCUT2D eigenvalue weighted by molar-refractivity contribution is -0.128. The lowest BCUT2D eigenvalue weighted by atomic mass is 10.1. The molecule has 24 heavy (non-hydrogen) atoms. The van der Waals surface area contributed by atoms with Gasteiger partial charge in [0.25, 0.3) is 0 Å². The topological polar surface area (TPSA) is 53.0 Å². The van der Waals surface area contributed by atoms with Gasteiger partial charge in [-0.15, -0.1) is 0 Å². The van der Waals surface area contributed by atoms with Crippen LogP contribution in [0.4, 0.5) is 4.39 Å². The Labute approximate surface area is 142 Å². The number of methoxy groups -OCH3 is 1. The standard InChI is InChI=1S/C18H25FN2O3/c1-3-15(13-22)20-8-10-21(11-9-20)18(23)7-5-14-4-6-17(24-2)16(19)12-14/h4-7,12,15,22H,3,8-11,13H2,1-2H3/b7-5+. The smallest absolute Gasteiger partial charge is 0.246 e. The summed E-state index contributed by atoms with van der Waals surface area (Å²) in [6, 6.07) is 4.75. The molecule has 132 valence electrons. The van der Waals surface area contributed by atoms with E-state index in [0.717, 1.165) is 19.5 Å². The van der Waals surface area contributed by atoms with Crippen LogP contribution >= 0.6 is 0 Å². The van der Waals surface area contributed by atoms with Crippen LogP contribution in [-0.4, -0.2) is 66.8 Å². The van der Waals surface area contributed by atoms with Crippen LogP contribution in [0.25, 0.3) is 6.08 Å². The van der Waals surface area contributed by atoms with Gasteiger partial charge in [-0.05, 0) is 30.2 Å². The van der Waals surface area contributed by atoms with E-state index in [-0.39, 0.29) is 24.3 Å². The Balaban J connectivity index is 1.90. The molecule has 1 heterocycles. The van der Waals surface area contributed by atoms with Crippen LogP contribution < -0.4 is 4.74 Å². The number of aliphatic hydroxyl groups is 1. The molecule has 6 heteroatoms. The molecule has 1 aromatic carbocycles. The molecule has 0 bridgehead atoms. The Morgan fingerprint density at radius 3 is 2.62 bits per heavy atom. The molecule has 1 unspecified atom stereocenters. The summed E-state index contributed by atoms with van der Waals surface area (Å²) >= 11 is 0. The summed E-state index contributed by atoms with van der Waals surface area (Å²) in [4.78, 5) is 16.2. The SMILES string of the molecule is CCC(CO)N1CCN(C(=O)/C=C/c2ccc(OC)c(F)c2)CC1. The van der Waals surface area contributed by atoms with E-state index in [1.807, 2.05) is 0 Å². The molecule has 0 aromatic heterocycles. The fraction of sp³-hybridized carbons (Fsp3) is 0.500. The van der Waals surface area contributed by atoms with E-state index < -0.39 is 5.82 Å². The van der Waals surface area contributed by atoms with Gasteiger partial charge in [-0.1, -0.05) is 13.0 Å². The van der Waals surface area contributed by atoms with Crippen molar-refractivity contribution < 1.29 is 19.0 Å². The molecular formula is C18H25FN2O3. The number of carbonyl (C=O) groups is 1. The van der Waals surface area contributed by atoms with Crippen molar-refractivity contribution in [2.75, 3.05) is 39.9 Å². The fourth-order valence-corrected chi connectivity index (χ4v) is 2.87. The van der Waals surface area contributed by atoms with Crippen molar-refractivity contribution in [2.24, 2.45) is 0 Å². The highest BCUT2D eigenvalue weighted by molar-refractivity contribution is 5.91. The lowest BCUT2D eigenvalue weighted by Gasteiger charge is -2.38. The van der Waals surface area contributed by atoms with Crippen LogP contribution in [0.5, 0.6) is 5.75 Å². The largest absolute Gasteiger partial charge is 0.494 e. The predicted molar refractivity (Wildman–Crippen MR) is 91.3 cm³/mol. The normalized spacial score (nSPS) is 17.2. The van der Waals surface area contributed by atoms with Gasteiger partial charge >= 0.3 is 0 Å². The summed E-state index contributed by atoms with van der Waals surface area (Å²) in [5.74, 6) is -0.345. The summed E-state index contributed by atoms with van der Waals surface area (Å²) in [5.41, 5.74) is 0.617. The highest BCUT2D eigenvalue weighted by Gasteiger charge is 2.23. The van der Waals surface area contributed by atoms with Crippen molar-refractivity contribution in [2.45, 2.75) is 19.4 Å². The van der Waals surface area contributed by atoms with Crippen molar-refractivity contribution in [1.82, 2.24) is 9.80 Å². The van der Waals surface area contributed by atoms with E-state index in [1.165, 1.54) is 25.3 Å². The van der Waals surface area contributed by atoms with Gasteiger partial charge in [-0.2, -0.15) is 0 Å². The van der Waals surface area contributed by atoms with E-state index >= 15 is 0 Å². The van der Waals surface area contributed by atoms with E-state index in [0.29, 0.717) is 18.7 Å². The molecule has 0 saturated carbocycles. The molecule has 1 aliphatic heterocycles. The molecule has 1 atom stereocenters. The van der Waals surface area contributed by atoms with Gasteiger partial charge in [0.2, 0.25) is 5.91 Å². The summed E-state index contributed by atoms with van der Waals surface area (Å²) < 4.78 is 18.5. The van der Waals surface area contributed by atoms with E-state index in [4.69, 9.17) is 4.74 Å². The molecule has 1 aliphatic rings. The van der Waals surface area contributed by atoms with Crippen molar-refractivity contribution in [1.29, 1.82) is 0 Å². The molecule has 0 radical (unpaired) electrons. The number of ether oxygens (including phenoxy) is 1. The third kappa shape index (κ3) is 4.55. The minimum Gasteiger partial charge on any atom is -0.494 e. The van der Waals surface area contributed by atoms with Crippen LogP contribution in [0, 0.1) is 5.82 Å². The Morgan fingerprint density at radius 2 is 2.08 bits per heavy atom. The van der Waals surface area contributed by atoms with Gasteiger partial charge in [0.1, 0.15) is 0 Å². The number of hydrogen-bond acceptors (Lipinski definition) is 4. The zero-order valence-electron chi connectivity index (χ0n) is 14.2. The van der Waals surface area contributed by atoms with Gasteiger partial charge in [0, 0.05) is 38.3 Å². The van der Waals surface area contributed by atoms with Crippen molar-refractivity contribution in [3.8, 4) is 5.75 Å². The van der Waals surface area contributed by atoms with Crippen molar-refractivity contribution in [3.05, 3.63) is 35.7 Å². The highest BCUT2D eigenvalue weighted by atomic mass is 19.1. The number of hydrogen-bond donors (Lipinski definition) is 1. The van der Waals surface area contributed by atoms with Crippen LogP contribution in [0.3, 0.4) is 0 Å². The molecule has 2 rings (SSSR count). The third-order valence-electron chi connectivity index (χ3n) is 4.42. The maximum absolute atomic E-state index is 13.6. The molecule has 1 fully saturated rings. The van der Waals surface area contributed by atoms with E-state index in [2.05, 4.69) is 11.8 Å². The second-order valence-corrected chi connectivity index (χ2v) is 5.83. The van der Waals surface area contributed by atoms with Gasteiger partial charge in [0.05, 0.1) is 13.7 Å². The molecule has 5 nitrogen and oxygen atoms in total. The van der Waals surface area contributed by atoms with Crippen LogP contribution in [0.1, 0.15) is 18.9 Å². The maximum Gasteiger partial charge on any atom is 0.246 e. The van der Waals surface area contributed by atoms with Gasteiger partial charge in [-0.25, -0.2) is 4.39 Å². The predicted octanol–water partition coefficient (Wildman–Crippen LogP) is 1.76. The second-order valence-electron chi connectivity index (χ2n) is 5.83. The van der Waals surface area contributed by atoms with E-state index in [1.54, 1.807) is 17.0 Å². The summed E-state index contributed by atoms with van der Waals surface area (Å²) in [6.45, 7) is 4.99. The number of nitrogens with zero attached hydrogens (tertiary/aromatic N) is 2. The zero-order valence-corrected chi connectivity index (χ0v) is 14.2. The monoisotopic (exact) mass is 336 g/mol. The highest BCUT2D eigenvalue weighted by Crippen LogP contribution is 2.18. The van der Waals surface area contributed by atoms with E-state index in [9.17, 15) is 14.3 Å². The van der Waals surface area contributed by atoms with Crippen LogP contribution in [0.15, 0.2) is 24.3 Å². The lowest BCUT2D eigenvalue weighted by Crippen LogP contribution is -2.52. The second kappa shape index (κ2) is 8.80. The minimum absolute atomic E-state index is 0.0806. The Morgan fingerprint density at radius 1 is 1.38 bits per heavy atom. The number of halogens is 1. The molecular weight excluding hydrogens is 311 g/mol. The molecule has 1 N–H and O–H groups in total. The third-order valence-corrected chi connectivity index (χ3v) is 4.42. The number of carbonyl (C=O) groups excluding carboxylic acids is 1. The van der Waals surface area contributed by atoms with Crippen LogP contribution in [-0.2, 0) is 4.79 Å². The quantitative estimate of drug-likeness (QED) is 0.805. The van der Waals surface area contributed by atoms with Crippen molar-refractivity contribution >= 4 is 12.0 Å². The average molecular weight is 336 g/mol. The fourth-order valence-electron chi connectivity index (χ4n) is 2.87. The van der Waals surface area contributed by atoms with Gasteiger partial charge < -0.3 is 14.7 Å². The minimum atomic E-state index is -0.449. The summed E-state index contributed by atoms with van der Waals surface area (Å²) in [5, 5.41) is 9.35. The maximum atomic E-state index is 13.6. The van der Waals surface area contributed by atoms with Gasteiger partial charge in [-0.3, -0.25) is 9.69 Å². The Bertz CT molecular complexity index is 580. The Hall–Kier alpha value is -1.92. The molecule has 1 aromatic rings. The number of benzene rings is 1. The average Bonchev–Trinajstić information content (AvgIpc) is 2.61. The first-order chi connectivity index (χ1) is 11.6.